The van der Waals surface area contributed by atoms with E-state index in [1.807, 2.05) is 10.6 Å². The first-order valence-corrected chi connectivity index (χ1v) is 6.96. The number of halogens is 6. The summed E-state index contributed by atoms with van der Waals surface area (Å²) in [6, 6.07) is 3.15. The number of carbonyl (C=O) groups is 1. The number of allylic oxidation sites excluding steroid dienone is 1. The van der Waals surface area contributed by atoms with E-state index in [2.05, 4.69) is 11.3 Å². The van der Waals surface area contributed by atoms with Crippen molar-refractivity contribution in [3.05, 3.63) is 42.1 Å². The Kier molecular flexibility index (Phi) is 6.67. The monoisotopic (exact) mass is 376 g/mol. The van der Waals surface area contributed by atoms with Gasteiger partial charge in [0.05, 0.1) is 15.7 Å². The largest absolute Gasteiger partial charge is 0.573 e. The summed E-state index contributed by atoms with van der Waals surface area (Å²) in [7, 11) is 11.3. The Labute approximate surface area is 147 Å². The number of alkyl halides is 6. The van der Waals surface area contributed by atoms with Crippen LogP contribution >= 0.6 is 0 Å². The Morgan fingerprint density at radius 1 is 1.15 bits per heavy atom. The molecule has 4 nitrogen and oxygen atoms in total. The van der Waals surface area contributed by atoms with Crippen LogP contribution in [-0.4, -0.2) is 34.3 Å². The third kappa shape index (κ3) is 8.21. The van der Waals surface area contributed by atoms with Crippen molar-refractivity contribution in [2.75, 3.05) is 0 Å². The molecule has 4 radical (unpaired) electrons. The topological polar surface area (TPSA) is 50.4 Å². The van der Waals surface area contributed by atoms with E-state index in [4.69, 9.17) is 15.7 Å². The van der Waals surface area contributed by atoms with Crippen LogP contribution in [0.4, 0.5) is 31.1 Å². The maximum absolute atomic E-state index is 12.2. The molecule has 0 aliphatic heterocycles. The van der Waals surface area contributed by atoms with Gasteiger partial charge in [-0.05, 0) is 29.5 Å². The van der Waals surface area contributed by atoms with Crippen LogP contribution in [0, 0.1) is 0 Å². The normalized spacial score (nSPS) is 12.4. The lowest BCUT2D eigenvalue weighted by Crippen LogP contribution is -2.50. The molecular formula is C14H12B2F6N2O2. The van der Waals surface area contributed by atoms with Gasteiger partial charge < -0.3 is 15.4 Å². The Morgan fingerprint density at radius 3 is 2.31 bits per heavy atom. The Morgan fingerprint density at radius 2 is 1.77 bits per heavy atom. The lowest BCUT2D eigenvalue weighted by molar-refractivity contribution is -0.274. The molecule has 12 heteroatoms. The van der Waals surface area contributed by atoms with Gasteiger partial charge in [0.2, 0.25) is 0 Å². The summed E-state index contributed by atoms with van der Waals surface area (Å²) in [5, 5.41) is 1.91. The van der Waals surface area contributed by atoms with Crippen LogP contribution in [-0.2, 0) is 5.34 Å². The molecule has 0 saturated heterocycles. The van der Waals surface area contributed by atoms with Crippen molar-refractivity contribution in [3.8, 4) is 5.75 Å². The molecule has 0 bridgehead atoms. The van der Waals surface area contributed by atoms with Gasteiger partial charge in [0, 0.05) is 12.1 Å². The molecule has 1 aromatic rings. The van der Waals surface area contributed by atoms with Gasteiger partial charge >= 0.3 is 18.6 Å². The maximum Gasteiger partial charge on any atom is 0.573 e. The first-order valence-electron chi connectivity index (χ1n) is 6.96. The zero-order valence-corrected chi connectivity index (χ0v) is 13.2. The summed E-state index contributed by atoms with van der Waals surface area (Å²) in [6.07, 6.45) is -11.1. The molecule has 2 amide bonds. The molecule has 0 fully saturated rings. The van der Waals surface area contributed by atoms with Crippen molar-refractivity contribution < 1.29 is 35.9 Å². The summed E-state index contributed by atoms with van der Waals surface area (Å²) < 4.78 is 76.7. The molecular weight excluding hydrogens is 364 g/mol. The SMILES string of the molecule is [B]C([B])(NC(=O)NC(=C)CCC(F)(F)F)c1cccc(OC(F)(F)F)c1. The maximum atomic E-state index is 12.2. The van der Waals surface area contributed by atoms with Gasteiger partial charge in [0.25, 0.3) is 0 Å². The molecule has 0 spiro atoms. The van der Waals surface area contributed by atoms with Gasteiger partial charge in [-0.15, -0.1) is 13.2 Å². The predicted octanol–water partition coefficient (Wildman–Crippen LogP) is 3.19. The second kappa shape index (κ2) is 7.96. The molecule has 0 aromatic heterocycles. The van der Waals surface area contributed by atoms with E-state index in [9.17, 15) is 31.1 Å². The van der Waals surface area contributed by atoms with E-state index in [-0.39, 0.29) is 11.3 Å². The number of ether oxygens (including phenoxy) is 1. The van der Waals surface area contributed by atoms with E-state index in [0.717, 1.165) is 18.2 Å². The standard InChI is InChI=1S/C14H12B2F6N2O2/c1-8(5-6-12(17,18)19)23-11(25)24-13(15,16)9-3-2-4-10(7-9)26-14(20,21)22/h2-4,7H,1,5-6H2,(H2,23,24,25). The van der Waals surface area contributed by atoms with Gasteiger partial charge in [-0.25, -0.2) is 4.79 Å². The van der Waals surface area contributed by atoms with Crippen molar-refractivity contribution in [1.29, 1.82) is 0 Å². The number of nitrogens with one attached hydrogen (secondary N) is 2. The fourth-order valence-corrected chi connectivity index (χ4v) is 1.76. The van der Waals surface area contributed by atoms with Crippen molar-refractivity contribution in [1.82, 2.24) is 10.6 Å². The fraction of sp³-hybridized carbons (Fsp3) is 0.357. The van der Waals surface area contributed by atoms with E-state index in [0.29, 0.717) is 0 Å². The van der Waals surface area contributed by atoms with Crippen LogP contribution in [0.3, 0.4) is 0 Å². The smallest absolute Gasteiger partial charge is 0.406 e. The van der Waals surface area contributed by atoms with Crippen molar-refractivity contribution in [2.24, 2.45) is 0 Å². The number of hydrogen-bond acceptors (Lipinski definition) is 2. The number of urea groups is 1. The van der Waals surface area contributed by atoms with Crippen molar-refractivity contribution in [3.63, 3.8) is 0 Å². The summed E-state index contributed by atoms with van der Waals surface area (Å²) >= 11 is 0. The molecule has 0 saturated carbocycles. The molecule has 0 atom stereocenters. The Hall–Kier alpha value is -2.26. The summed E-state index contributed by atoms with van der Waals surface area (Å²) in [4.78, 5) is 11.7. The van der Waals surface area contributed by atoms with Crippen molar-refractivity contribution in [2.45, 2.75) is 30.7 Å². The van der Waals surface area contributed by atoms with E-state index < -0.39 is 42.5 Å². The van der Waals surface area contributed by atoms with Crippen LogP contribution in [0.25, 0.3) is 0 Å². The predicted molar refractivity (Wildman–Crippen MR) is 82.4 cm³/mol. The highest BCUT2D eigenvalue weighted by atomic mass is 19.4. The number of rotatable bonds is 6. The molecule has 1 rings (SSSR count). The summed E-state index contributed by atoms with van der Waals surface area (Å²) in [5.41, 5.74) is -0.389. The van der Waals surface area contributed by atoms with Crippen LogP contribution in [0.1, 0.15) is 18.4 Å². The zero-order chi connectivity index (χ0) is 20.2. The Balaban J connectivity index is 2.72. The zero-order valence-electron chi connectivity index (χ0n) is 13.2. The number of benzene rings is 1. The second-order valence-electron chi connectivity index (χ2n) is 5.24. The molecule has 0 heterocycles. The lowest BCUT2D eigenvalue weighted by Gasteiger charge is -2.29. The number of carbonyl (C=O) groups excluding carboxylic acids is 1. The molecule has 138 valence electrons. The minimum Gasteiger partial charge on any atom is -0.406 e. The molecule has 2 N–H and O–H groups in total. The van der Waals surface area contributed by atoms with Gasteiger partial charge in [-0.1, -0.05) is 18.7 Å². The summed E-state index contributed by atoms with van der Waals surface area (Å²) in [5.74, 6) is -0.618. The molecule has 0 unspecified atom stereocenters. The van der Waals surface area contributed by atoms with Gasteiger partial charge in [0.1, 0.15) is 5.75 Å². The highest BCUT2D eigenvalue weighted by Gasteiger charge is 2.32. The number of hydrogen-bond donors (Lipinski definition) is 2. The fourth-order valence-electron chi connectivity index (χ4n) is 1.76. The van der Waals surface area contributed by atoms with E-state index in [1.54, 1.807) is 0 Å². The minimum atomic E-state index is -4.94. The van der Waals surface area contributed by atoms with E-state index >= 15 is 0 Å². The average Bonchev–Trinajstić information content (AvgIpc) is 2.42. The summed E-state index contributed by atoms with van der Waals surface area (Å²) in [6.45, 7) is 3.26. The van der Waals surface area contributed by atoms with Gasteiger partial charge in [-0.2, -0.15) is 13.2 Å². The molecule has 26 heavy (non-hydrogen) atoms. The molecule has 0 aliphatic rings. The quantitative estimate of drug-likeness (QED) is 0.592. The van der Waals surface area contributed by atoms with Crippen LogP contribution in [0.2, 0.25) is 0 Å². The Bertz CT molecular complexity index is 662. The van der Waals surface area contributed by atoms with Crippen molar-refractivity contribution >= 4 is 21.7 Å². The molecule has 1 aromatic carbocycles. The lowest BCUT2D eigenvalue weighted by atomic mass is 9.58. The minimum absolute atomic E-state index is 0.143. The van der Waals surface area contributed by atoms with Crippen LogP contribution in [0.5, 0.6) is 5.75 Å². The highest BCUT2D eigenvalue weighted by Crippen LogP contribution is 2.26. The van der Waals surface area contributed by atoms with Crippen LogP contribution < -0.4 is 15.4 Å². The van der Waals surface area contributed by atoms with Crippen LogP contribution in [0.15, 0.2) is 36.5 Å². The average molecular weight is 376 g/mol. The number of amides is 2. The third-order valence-corrected chi connectivity index (χ3v) is 2.87. The second-order valence-corrected chi connectivity index (χ2v) is 5.24. The first kappa shape index (κ1) is 21.8. The molecule has 0 aliphatic carbocycles. The van der Waals surface area contributed by atoms with E-state index in [1.165, 1.54) is 6.07 Å². The van der Waals surface area contributed by atoms with Gasteiger partial charge in [0.15, 0.2) is 0 Å². The third-order valence-electron chi connectivity index (χ3n) is 2.87. The van der Waals surface area contributed by atoms with Gasteiger partial charge in [-0.3, -0.25) is 0 Å². The first-order chi connectivity index (χ1) is 11.7. The highest BCUT2D eigenvalue weighted by molar-refractivity contribution is 6.40.